The lowest BCUT2D eigenvalue weighted by Crippen LogP contribution is -2.29. The number of carbonyl (C=O) groups excluding carboxylic acids is 2. The molecule has 1 aromatic heterocycles. The van der Waals surface area contributed by atoms with E-state index in [-0.39, 0.29) is 11.3 Å². The van der Waals surface area contributed by atoms with Crippen LogP contribution >= 0.6 is 0 Å². The first kappa shape index (κ1) is 21.2. The van der Waals surface area contributed by atoms with Crippen molar-refractivity contribution >= 4 is 23.1 Å². The Kier molecular flexibility index (Phi) is 5.98. The lowest BCUT2D eigenvalue weighted by Gasteiger charge is -2.25. The van der Waals surface area contributed by atoms with E-state index in [2.05, 4.69) is 4.98 Å². The fourth-order valence-electron chi connectivity index (χ4n) is 3.67. The third-order valence-electron chi connectivity index (χ3n) is 5.15. The van der Waals surface area contributed by atoms with E-state index in [0.717, 1.165) is 6.42 Å². The number of aliphatic hydroxyl groups is 1. The standard InChI is InChI=1S/C25H21FN2O4/c1-2-14-32-20-5-3-4-17(15-20)23(29)21-22(16-10-12-27-13-11-16)28(25(31)24(21)30)19-8-6-18(26)7-9-19/h3-13,15,22,29H,2,14H2,1H3/b23-21-. The first-order valence-electron chi connectivity index (χ1n) is 10.2. The number of anilines is 1. The largest absolute Gasteiger partial charge is 0.507 e. The van der Waals surface area contributed by atoms with Crippen molar-refractivity contribution in [2.24, 2.45) is 0 Å². The Morgan fingerprint density at radius 2 is 1.81 bits per heavy atom. The molecule has 6 nitrogen and oxygen atoms in total. The van der Waals surface area contributed by atoms with Crippen molar-refractivity contribution in [3.63, 3.8) is 0 Å². The molecule has 0 bridgehead atoms. The summed E-state index contributed by atoms with van der Waals surface area (Å²) in [5, 5.41) is 11.1. The Labute approximate surface area is 184 Å². The van der Waals surface area contributed by atoms with Crippen LogP contribution in [-0.2, 0) is 9.59 Å². The van der Waals surface area contributed by atoms with Gasteiger partial charge in [-0.25, -0.2) is 4.39 Å². The number of pyridine rings is 1. The molecule has 1 aliphatic rings. The molecule has 1 atom stereocenters. The molecule has 1 saturated heterocycles. The fraction of sp³-hybridized carbons (Fsp3) is 0.160. The van der Waals surface area contributed by atoms with Crippen molar-refractivity contribution in [2.75, 3.05) is 11.5 Å². The number of aliphatic hydroxyl groups excluding tert-OH is 1. The molecule has 2 aromatic carbocycles. The summed E-state index contributed by atoms with van der Waals surface area (Å²) in [6.45, 7) is 2.49. The molecule has 1 unspecified atom stereocenters. The molecule has 4 rings (SSSR count). The highest BCUT2D eigenvalue weighted by Crippen LogP contribution is 2.42. The predicted molar refractivity (Wildman–Crippen MR) is 118 cm³/mol. The van der Waals surface area contributed by atoms with Crippen LogP contribution in [0, 0.1) is 5.82 Å². The number of hydrogen-bond donors (Lipinski definition) is 1. The van der Waals surface area contributed by atoms with Gasteiger partial charge in [-0.15, -0.1) is 0 Å². The van der Waals surface area contributed by atoms with Gasteiger partial charge in [0.05, 0.1) is 18.2 Å². The second-order valence-electron chi connectivity index (χ2n) is 7.30. The Hall–Kier alpha value is -4.00. The predicted octanol–water partition coefficient (Wildman–Crippen LogP) is 4.64. The van der Waals surface area contributed by atoms with Crippen LogP contribution in [0.5, 0.6) is 5.75 Å². The van der Waals surface area contributed by atoms with Crippen LogP contribution in [0.3, 0.4) is 0 Å². The molecular formula is C25H21FN2O4. The molecule has 32 heavy (non-hydrogen) atoms. The number of amides is 1. The first-order valence-corrected chi connectivity index (χ1v) is 10.2. The van der Waals surface area contributed by atoms with Gasteiger partial charge in [0.15, 0.2) is 0 Å². The number of nitrogens with zero attached hydrogens (tertiary/aromatic N) is 2. The maximum atomic E-state index is 13.5. The zero-order valence-corrected chi connectivity index (χ0v) is 17.4. The van der Waals surface area contributed by atoms with Gasteiger partial charge in [-0.2, -0.15) is 0 Å². The summed E-state index contributed by atoms with van der Waals surface area (Å²) in [5.41, 5.74) is 1.23. The molecule has 2 heterocycles. The number of Topliss-reactive ketones (excluding diaryl/α,β-unsaturated/α-hetero) is 1. The summed E-state index contributed by atoms with van der Waals surface area (Å²) in [7, 11) is 0. The van der Waals surface area contributed by atoms with Gasteiger partial charge in [0.2, 0.25) is 0 Å². The minimum atomic E-state index is -0.899. The number of benzene rings is 2. The normalized spacial score (nSPS) is 17.6. The van der Waals surface area contributed by atoms with Gasteiger partial charge in [-0.3, -0.25) is 19.5 Å². The van der Waals surface area contributed by atoms with Crippen LogP contribution in [0.25, 0.3) is 5.76 Å². The molecule has 1 amide bonds. The summed E-state index contributed by atoms with van der Waals surface area (Å²) >= 11 is 0. The Bertz CT molecular complexity index is 1180. The Morgan fingerprint density at radius 1 is 1.09 bits per heavy atom. The van der Waals surface area contributed by atoms with E-state index in [1.807, 2.05) is 6.92 Å². The maximum absolute atomic E-state index is 13.5. The smallest absolute Gasteiger partial charge is 0.300 e. The van der Waals surface area contributed by atoms with Crippen LogP contribution in [0.15, 0.2) is 78.6 Å². The van der Waals surface area contributed by atoms with Gasteiger partial charge >= 0.3 is 0 Å². The summed E-state index contributed by atoms with van der Waals surface area (Å²) < 4.78 is 19.1. The highest BCUT2D eigenvalue weighted by Gasteiger charge is 2.47. The molecule has 1 aliphatic heterocycles. The minimum absolute atomic E-state index is 0.0573. The van der Waals surface area contributed by atoms with Crippen LogP contribution in [0.1, 0.15) is 30.5 Å². The van der Waals surface area contributed by atoms with Gasteiger partial charge in [-0.1, -0.05) is 19.1 Å². The molecule has 1 N–H and O–H groups in total. The summed E-state index contributed by atoms with van der Waals surface area (Å²) in [6.07, 6.45) is 3.90. The van der Waals surface area contributed by atoms with Crippen LogP contribution in [0.4, 0.5) is 10.1 Å². The van der Waals surface area contributed by atoms with Gasteiger partial charge in [0, 0.05) is 23.6 Å². The van der Waals surface area contributed by atoms with Crippen LogP contribution < -0.4 is 9.64 Å². The maximum Gasteiger partial charge on any atom is 0.300 e. The minimum Gasteiger partial charge on any atom is -0.507 e. The van der Waals surface area contributed by atoms with Crippen molar-refractivity contribution in [2.45, 2.75) is 19.4 Å². The van der Waals surface area contributed by atoms with Gasteiger partial charge < -0.3 is 9.84 Å². The van der Waals surface area contributed by atoms with E-state index < -0.39 is 23.5 Å². The summed E-state index contributed by atoms with van der Waals surface area (Å²) in [6, 6.07) is 14.4. The average molecular weight is 432 g/mol. The van der Waals surface area contributed by atoms with Gasteiger partial charge in [0.25, 0.3) is 11.7 Å². The lowest BCUT2D eigenvalue weighted by molar-refractivity contribution is -0.132. The van der Waals surface area contributed by atoms with Gasteiger partial charge in [-0.05, 0) is 60.5 Å². The number of hydrogen-bond acceptors (Lipinski definition) is 5. The third kappa shape index (κ3) is 3.97. The molecule has 0 saturated carbocycles. The molecule has 0 spiro atoms. The zero-order chi connectivity index (χ0) is 22.7. The molecule has 3 aromatic rings. The highest BCUT2D eigenvalue weighted by molar-refractivity contribution is 6.51. The van der Waals surface area contributed by atoms with Crippen molar-refractivity contribution < 1.29 is 23.8 Å². The molecule has 1 fully saturated rings. The van der Waals surface area contributed by atoms with E-state index in [4.69, 9.17) is 4.74 Å². The van der Waals surface area contributed by atoms with Crippen LogP contribution in [0.2, 0.25) is 0 Å². The lowest BCUT2D eigenvalue weighted by atomic mass is 9.95. The first-order chi connectivity index (χ1) is 15.5. The summed E-state index contributed by atoms with van der Waals surface area (Å²) in [5.74, 6) is -1.86. The Morgan fingerprint density at radius 3 is 2.50 bits per heavy atom. The number of ether oxygens (including phenoxy) is 1. The van der Waals surface area contributed by atoms with E-state index in [9.17, 15) is 19.1 Å². The number of halogens is 1. The molecule has 0 radical (unpaired) electrons. The topological polar surface area (TPSA) is 79.7 Å². The van der Waals surface area contributed by atoms with E-state index in [1.165, 1.54) is 29.2 Å². The van der Waals surface area contributed by atoms with E-state index in [1.54, 1.807) is 48.8 Å². The van der Waals surface area contributed by atoms with E-state index >= 15 is 0 Å². The highest BCUT2D eigenvalue weighted by atomic mass is 19.1. The number of rotatable bonds is 6. The van der Waals surface area contributed by atoms with Crippen molar-refractivity contribution in [1.82, 2.24) is 4.98 Å². The molecular weight excluding hydrogens is 411 g/mol. The average Bonchev–Trinajstić information content (AvgIpc) is 3.09. The quantitative estimate of drug-likeness (QED) is 0.349. The molecule has 7 heteroatoms. The zero-order valence-electron chi connectivity index (χ0n) is 17.4. The second-order valence-corrected chi connectivity index (χ2v) is 7.30. The molecule has 0 aliphatic carbocycles. The monoisotopic (exact) mass is 432 g/mol. The van der Waals surface area contributed by atoms with Crippen LogP contribution in [-0.4, -0.2) is 28.4 Å². The van der Waals surface area contributed by atoms with E-state index in [0.29, 0.717) is 29.2 Å². The number of carbonyl (C=O) groups is 2. The fourth-order valence-corrected chi connectivity index (χ4v) is 3.67. The van der Waals surface area contributed by atoms with Crippen molar-refractivity contribution in [3.05, 3.63) is 95.6 Å². The van der Waals surface area contributed by atoms with Crippen molar-refractivity contribution in [1.29, 1.82) is 0 Å². The SMILES string of the molecule is CCCOc1cccc(/C(O)=C2/C(=O)C(=O)N(c3ccc(F)cc3)C2c2ccncc2)c1. The number of aromatic nitrogens is 1. The second kappa shape index (κ2) is 9.01. The van der Waals surface area contributed by atoms with Gasteiger partial charge in [0.1, 0.15) is 17.3 Å². The Balaban J connectivity index is 1.87. The summed E-state index contributed by atoms with van der Waals surface area (Å²) in [4.78, 5) is 31.4. The molecule has 162 valence electrons. The third-order valence-corrected chi connectivity index (χ3v) is 5.15. The number of ketones is 1. The van der Waals surface area contributed by atoms with Crippen molar-refractivity contribution in [3.8, 4) is 5.75 Å².